The normalized spacial score (nSPS) is 23.6. The van der Waals surface area contributed by atoms with Crippen LogP contribution in [0, 0.1) is 5.41 Å². The van der Waals surface area contributed by atoms with Gasteiger partial charge in [-0.15, -0.1) is 0 Å². The Balaban J connectivity index is 1.77. The van der Waals surface area contributed by atoms with Crippen molar-refractivity contribution in [3.63, 3.8) is 0 Å². The topological polar surface area (TPSA) is 76.0 Å². The van der Waals surface area contributed by atoms with Crippen molar-refractivity contribution in [3.05, 3.63) is 35.9 Å². The van der Waals surface area contributed by atoms with Crippen LogP contribution in [-0.4, -0.2) is 42.1 Å². The van der Waals surface area contributed by atoms with E-state index in [1.165, 1.54) is 0 Å². The first kappa shape index (κ1) is 15.0. The molecule has 1 aromatic carbocycles. The molecular formula is C15H20O5. The van der Waals surface area contributed by atoms with Crippen LogP contribution in [0.25, 0.3) is 0 Å². The first-order chi connectivity index (χ1) is 9.62. The van der Waals surface area contributed by atoms with Crippen molar-refractivity contribution in [2.24, 2.45) is 5.41 Å². The Bertz CT molecular complexity index is 425. The van der Waals surface area contributed by atoms with Gasteiger partial charge in [0.25, 0.3) is 0 Å². The van der Waals surface area contributed by atoms with E-state index in [1.54, 1.807) is 0 Å². The Morgan fingerprint density at radius 2 is 2.15 bits per heavy atom. The van der Waals surface area contributed by atoms with Crippen LogP contribution in [0.1, 0.15) is 18.4 Å². The molecule has 1 aromatic rings. The maximum atomic E-state index is 11.3. The van der Waals surface area contributed by atoms with Crippen LogP contribution in [0.4, 0.5) is 0 Å². The molecule has 0 radical (unpaired) electrons. The molecule has 1 fully saturated rings. The van der Waals surface area contributed by atoms with Gasteiger partial charge in [0, 0.05) is 6.61 Å². The van der Waals surface area contributed by atoms with Crippen LogP contribution in [-0.2, 0) is 20.9 Å². The second-order valence-corrected chi connectivity index (χ2v) is 5.25. The summed E-state index contributed by atoms with van der Waals surface area (Å²) in [6.07, 6.45) is -0.189. The smallest absolute Gasteiger partial charge is 0.312 e. The summed E-state index contributed by atoms with van der Waals surface area (Å²) in [7, 11) is 0. The van der Waals surface area contributed by atoms with Crippen molar-refractivity contribution < 1.29 is 24.5 Å². The van der Waals surface area contributed by atoms with Crippen molar-refractivity contribution in [2.45, 2.75) is 25.6 Å². The first-order valence-electron chi connectivity index (χ1n) is 6.73. The molecule has 1 heterocycles. The molecule has 5 nitrogen and oxygen atoms in total. The van der Waals surface area contributed by atoms with Crippen LogP contribution in [0.3, 0.4) is 0 Å². The highest BCUT2D eigenvalue weighted by Gasteiger charge is 2.43. The van der Waals surface area contributed by atoms with Gasteiger partial charge >= 0.3 is 5.97 Å². The molecule has 1 saturated heterocycles. The Hall–Kier alpha value is -1.43. The molecule has 20 heavy (non-hydrogen) atoms. The lowest BCUT2D eigenvalue weighted by Gasteiger charge is -2.24. The maximum Gasteiger partial charge on any atom is 0.312 e. The molecule has 0 spiro atoms. The van der Waals surface area contributed by atoms with E-state index in [2.05, 4.69) is 0 Å². The van der Waals surface area contributed by atoms with Crippen LogP contribution in [0.15, 0.2) is 30.3 Å². The molecule has 0 aliphatic carbocycles. The zero-order chi connectivity index (χ0) is 14.4. The number of ether oxygens (including phenoxy) is 2. The summed E-state index contributed by atoms with van der Waals surface area (Å²) in [5.41, 5.74) is 0.0621. The van der Waals surface area contributed by atoms with E-state index in [1.807, 2.05) is 30.3 Å². The summed E-state index contributed by atoms with van der Waals surface area (Å²) >= 11 is 0. The summed E-state index contributed by atoms with van der Waals surface area (Å²) in [6, 6.07) is 9.65. The zero-order valence-electron chi connectivity index (χ0n) is 11.3. The third-order valence-corrected chi connectivity index (χ3v) is 3.61. The van der Waals surface area contributed by atoms with Gasteiger partial charge < -0.3 is 19.7 Å². The predicted molar refractivity (Wildman–Crippen MR) is 72.2 cm³/mol. The highest BCUT2D eigenvalue weighted by Crippen LogP contribution is 2.34. The van der Waals surface area contributed by atoms with Crippen molar-refractivity contribution >= 4 is 5.97 Å². The number of hydrogen-bond acceptors (Lipinski definition) is 4. The third-order valence-electron chi connectivity index (χ3n) is 3.61. The molecular weight excluding hydrogens is 260 g/mol. The number of aliphatic hydroxyl groups is 1. The molecule has 0 aromatic heterocycles. The van der Waals surface area contributed by atoms with Gasteiger partial charge in [0.15, 0.2) is 0 Å². The molecule has 2 N–H and O–H groups in total. The Kier molecular flexibility index (Phi) is 5.11. The second-order valence-electron chi connectivity index (χ2n) is 5.25. The molecule has 2 rings (SSSR count). The number of hydrogen-bond donors (Lipinski definition) is 2. The SMILES string of the molecule is O=C(O)C1(CC(O)COCc2ccccc2)CCOC1. The molecule has 1 aliphatic rings. The number of aliphatic carboxylic acids is 1. The fraction of sp³-hybridized carbons (Fsp3) is 0.533. The monoisotopic (exact) mass is 280 g/mol. The van der Waals surface area contributed by atoms with Gasteiger partial charge in [-0.1, -0.05) is 30.3 Å². The minimum absolute atomic E-state index is 0.129. The van der Waals surface area contributed by atoms with Crippen LogP contribution in [0.5, 0.6) is 0 Å². The molecule has 5 heteroatoms. The van der Waals surface area contributed by atoms with E-state index in [0.717, 1.165) is 5.56 Å². The van der Waals surface area contributed by atoms with Gasteiger partial charge in [-0.05, 0) is 18.4 Å². The minimum atomic E-state index is -0.963. The largest absolute Gasteiger partial charge is 0.481 e. The number of carboxylic acid groups (broad SMARTS) is 1. The lowest BCUT2D eigenvalue weighted by molar-refractivity contribution is -0.151. The van der Waals surface area contributed by atoms with E-state index in [0.29, 0.717) is 19.6 Å². The first-order valence-corrected chi connectivity index (χ1v) is 6.73. The zero-order valence-corrected chi connectivity index (χ0v) is 11.3. The fourth-order valence-corrected chi connectivity index (χ4v) is 2.42. The Morgan fingerprint density at radius 3 is 2.75 bits per heavy atom. The van der Waals surface area contributed by atoms with Crippen LogP contribution in [0.2, 0.25) is 0 Å². The summed E-state index contributed by atoms with van der Waals surface area (Å²) in [5.74, 6) is -0.905. The van der Waals surface area contributed by atoms with Crippen molar-refractivity contribution in [1.82, 2.24) is 0 Å². The summed E-state index contributed by atoms with van der Waals surface area (Å²) < 4.78 is 10.6. The number of rotatable bonds is 7. The Labute approximate surface area is 118 Å². The van der Waals surface area contributed by atoms with E-state index < -0.39 is 17.5 Å². The highest BCUT2D eigenvalue weighted by molar-refractivity contribution is 5.75. The molecule has 2 unspecified atom stereocenters. The van der Waals surface area contributed by atoms with Gasteiger partial charge in [-0.2, -0.15) is 0 Å². The van der Waals surface area contributed by atoms with E-state index in [4.69, 9.17) is 9.47 Å². The number of carbonyl (C=O) groups is 1. The summed E-state index contributed by atoms with van der Waals surface area (Å²) in [5, 5.41) is 19.2. The van der Waals surface area contributed by atoms with Crippen LogP contribution >= 0.6 is 0 Å². The maximum absolute atomic E-state index is 11.3. The Morgan fingerprint density at radius 1 is 1.40 bits per heavy atom. The van der Waals surface area contributed by atoms with Gasteiger partial charge in [0.05, 0.1) is 31.3 Å². The quantitative estimate of drug-likeness (QED) is 0.790. The lowest BCUT2D eigenvalue weighted by atomic mass is 9.82. The van der Waals surface area contributed by atoms with E-state index in [9.17, 15) is 15.0 Å². The number of benzene rings is 1. The van der Waals surface area contributed by atoms with Gasteiger partial charge in [0.2, 0.25) is 0 Å². The van der Waals surface area contributed by atoms with E-state index >= 15 is 0 Å². The summed E-state index contributed by atoms with van der Waals surface area (Å²) in [6.45, 7) is 1.14. The van der Waals surface area contributed by atoms with Crippen LogP contribution < -0.4 is 0 Å². The molecule has 0 bridgehead atoms. The van der Waals surface area contributed by atoms with Gasteiger partial charge in [-0.3, -0.25) is 4.79 Å². The number of aliphatic hydroxyl groups excluding tert-OH is 1. The third kappa shape index (κ3) is 3.79. The van der Waals surface area contributed by atoms with Crippen molar-refractivity contribution in [2.75, 3.05) is 19.8 Å². The van der Waals surface area contributed by atoms with Crippen molar-refractivity contribution in [1.29, 1.82) is 0 Å². The van der Waals surface area contributed by atoms with Crippen molar-refractivity contribution in [3.8, 4) is 0 Å². The van der Waals surface area contributed by atoms with Gasteiger partial charge in [0.1, 0.15) is 0 Å². The molecule has 0 amide bonds. The minimum Gasteiger partial charge on any atom is -0.481 e. The molecule has 0 saturated carbocycles. The average Bonchev–Trinajstić information content (AvgIpc) is 2.90. The standard InChI is InChI=1S/C15H20O5/c16-13(8-15(14(17)18)6-7-19-11-15)10-20-9-12-4-2-1-3-5-12/h1-5,13,16H,6-11H2,(H,17,18). The molecule has 110 valence electrons. The van der Waals surface area contributed by atoms with E-state index in [-0.39, 0.29) is 19.6 Å². The molecule has 2 atom stereocenters. The highest BCUT2D eigenvalue weighted by atomic mass is 16.5. The fourth-order valence-electron chi connectivity index (χ4n) is 2.42. The number of carboxylic acids is 1. The molecule has 1 aliphatic heterocycles. The van der Waals surface area contributed by atoms with Gasteiger partial charge in [-0.25, -0.2) is 0 Å². The second kappa shape index (κ2) is 6.83. The predicted octanol–water partition coefficient (Wildman–Crippen LogP) is 1.45. The summed E-state index contributed by atoms with van der Waals surface area (Å²) in [4.78, 5) is 11.3. The lowest BCUT2D eigenvalue weighted by Crippen LogP contribution is -2.36. The average molecular weight is 280 g/mol.